The van der Waals surface area contributed by atoms with Crippen molar-refractivity contribution < 1.29 is 4.74 Å². The lowest BCUT2D eigenvalue weighted by molar-refractivity contribution is 0.242. The minimum atomic E-state index is 0.0374. The molecule has 6 heteroatoms. The second-order valence-electron chi connectivity index (χ2n) is 5.12. The topological polar surface area (TPSA) is 75.7 Å². The number of nitrogens with one attached hydrogen (secondary N) is 2. The summed E-state index contributed by atoms with van der Waals surface area (Å²) < 4.78 is 5.64. The first-order chi connectivity index (χ1) is 9.56. The van der Waals surface area contributed by atoms with E-state index in [2.05, 4.69) is 45.0 Å². The first-order valence-corrected chi connectivity index (χ1v) is 6.82. The summed E-state index contributed by atoms with van der Waals surface area (Å²) in [6.45, 7) is 8.15. The van der Waals surface area contributed by atoms with Crippen LogP contribution in [0.2, 0.25) is 0 Å². The fourth-order valence-electron chi connectivity index (χ4n) is 2.01. The Morgan fingerprint density at radius 1 is 1.05 bits per heavy atom. The first kappa shape index (κ1) is 14.5. The molecule has 6 nitrogen and oxygen atoms in total. The van der Waals surface area contributed by atoms with Gasteiger partial charge in [-0.3, -0.25) is 0 Å². The fourth-order valence-corrected chi connectivity index (χ4v) is 2.01. The molecule has 20 heavy (non-hydrogen) atoms. The lowest BCUT2D eigenvalue weighted by Gasteiger charge is -2.18. The van der Waals surface area contributed by atoms with Crippen LogP contribution >= 0.6 is 0 Å². The molecule has 2 N–H and O–H groups in total. The van der Waals surface area contributed by atoms with E-state index in [0.717, 1.165) is 5.75 Å². The number of rotatable bonds is 6. The van der Waals surface area contributed by atoms with Crippen molar-refractivity contribution in [2.45, 2.75) is 45.9 Å². The molecule has 2 atom stereocenters. The monoisotopic (exact) mass is 275 g/mol. The summed E-state index contributed by atoms with van der Waals surface area (Å²) >= 11 is 0. The lowest BCUT2D eigenvalue weighted by Crippen LogP contribution is -2.23. The van der Waals surface area contributed by atoms with Crippen LogP contribution in [-0.2, 0) is 0 Å². The van der Waals surface area contributed by atoms with Gasteiger partial charge >= 0.3 is 0 Å². The standard InChI is InChI=1S/C14H21N5O/c1-9(2)20-13-7-5-12(6-8-13)10(3)15-11(4)14-16-18-19-17-14/h5-11,15H,1-4H3,(H,16,17,18,19). The smallest absolute Gasteiger partial charge is 0.191 e. The summed E-state index contributed by atoms with van der Waals surface area (Å²) in [4.78, 5) is 0. The molecule has 0 radical (unpaired) electrons. The zero-order valence-corrected chi connectivity index (χ0v) is 12.3. The van der Waals surface area contributed by atoms with E-state index in [0.29, 0.717) is 5.82 Å². The van der Waals surface area contributed by atoms with Crippen LogP contribution < -0.4 is 10.1 Å². The Bertz CT molecular complexity index is 509. The van der Waals surface area contributed by atoms with Crippen molar-refractivity contribution in [3.05, 3.63) is 35.7 Å². The molecule has 2 unspecified atom stereocenters. The molecule has 0 aliphatic rings. The van der Waals surface area contributed by atoms with Crippen LogP contribution in [0.5, 0.6) is 5.75 Å². The molecule has 0 saturated carbocycles. The zero-order chi connectivity index (χ0) is 14.5. The van der Waals surface area contributed by atoms with Gasteiger partial charge in [0.25, 0.3) is 0 Å². The van der Waals surface area contributed by atoms with Crippen molar-refractivity contribution in [1.29, 1.82) is 0 Å². The van der Waals surface area contributed by atoms with Crippen molar-refractivity contribution in [3.8, 4) is 5.75 Å². The summed E-state index contributed by atoms with van der Waals surface area (Å²) in [5, 5.41) is 17.4. The third kappa shape index (κ3) is 3.77. The van der Waals surface area contributed by atoms with E-state index in [1.807, 2.05) is 32.9 Å². The fraction of sp³-hybridized carbons (Fsp3) is 0.500. The highest BCUT2D eigenvalue weighted by atomic mass is 16.5. The summed E-state index contributed by atoms with van der Waals surface area (Å²) in [6, 6.07) is 8.35. The van der Waals surface area contributed by atoms with E-state index >= 15 is 0 Å². The second kappa shape index (κ2) is 6.47. The molecule has 1 heterocycles. The summed E-state index contributed by atoms with van der Waals surface area (Å²) in [5.74, 6) is 1.55. The predicted molar refractivity (Wildman–Crippen MR) is 76.3 cm³/mol. The molecule has 2 aromatic rings. The average molecular weight is 275 g/mol. The number of aromatic amines is 1. The van der Waals surface area contributed by atoms with E-state index in [1.54, 1.807) is 0 Å². The van der Waals surface area contributed by atoms with Gasteiger partial charge in [-0.15, -0.1) is 10.2 Å². The minimum Gasteiger partial charge on any atom is -0.491 e. The lowest BCUT2D eigenvalue weighted by atomic mass is 10.1. The molecule has 0 fully saturated rings. The van der Waals surface area contributed by atoms with Crippen LogP contribution in [0.4, 0.5) is 0 Å². The molecule has 1 aromatic carbocycles. The van der Waals surface area contributed by atoms with Crippen molar-refractivity contribution >= 4 is 0 Å². The van der Waals surface area contributed by atoms with Crippen molar-refractivity contribution in [3.63, 3.8) is 0 Å². The van der Waals surface area contributed by atoms with Gasteiger partial charge in [-0.2, -0.15) is 5.21 Å². The van der Waals surface area contributed by atoms with Gasteiger partial charge in [0.15, 0.2) is 5.82 Å². The van der Waals surface area contributed by atoms with E-state index in [9.17, 15) is 0 Å². The normalized spacial score (nSPS) is 14.2. The molecule has 0 amide bonds. The SMILES string of the molecule is CC(C)Oc1ccc(C(C)NC(C)c2nn[nH]n2)cc1. The maximum atomic E-state index is 5.64. The highest BCUT2D eigenvalue weighted by Crippen LogP contribution is 2.20. The maximum absolute atomic E-state index is 5.64. The van der Waals surface area contributed by atoms with Crippen LogP contribution in [0.3, 0.4) is 0 Å². The highest BCUT2D eigenvalue weighted by Gasteiger charge is 2.14. The largest absolute Gasteiger partial charge is 0.491 e. The zero-order valence-electron chi connectivity index (χ0n) is 12.3. The van der Waals surface area contributed by atoms with Crippen molar-refractivity contribution in [1.82, 2.24) is 25.9 Å². The Morgan fingerprint density at radius 2 is 1.75 bits per heavy atom. The predicted octanol–water partition coefficient (Wildman–Crippen LogP) is 2.40. The van der Waals surface area contributed by atoms with Crippen LogP contribution in [0.15, 0.2) is 24.3 Å². The molecule has 108 valence electrons. The summed E-state index contributed by atoms with van der Waals surface area (Å²) in [6.07, 6.45) is 0.190. The number of benzene rings is 1. The van der Waals surface area contributed by atoms with E-state index in [-0.39, 0.29) is 18.2 Å². The molecule has 0 aliphatic heterocycles. The molecule has 0 saturated heterocycles. The third-order valence-corrected chi connectivity index (χ3v) is 3.00. The Balaban J connectivity index is 1.97. The van der Waals surface area contributed by atoms with Crippen LogP contribution in [0.1, 0.15) is 51.2 Å². The number of H-pyrrole nitrogens is 1. The molecule has 0 spiro atoms. The molecule has 2 rings (SSSR count). The van der Waals surface area contributed by atoms with E-state index in [1.165, 1.54) is 5.56 Å². The molecular formula is C14H21N5O. The van der Waals surface area contributed by atoms with Crippen molar-refractivity contribution in [2.24, 2.45) is 0 Å². The number of hydrogen-bond acceptors (Lipinski definition) is 5. The Labute approximate surface area is 118 Å². The number of tetrazole rings is 1. The van der Waals surface area contributed by atoms with Crippen LogP contribution in [-0.4, -0.2) is 26.7 Å². The van der Waals surface area contributed by atoms with Gasteiger partial charge in [0.1, 0.15) is 5.75 Å². The second-order valence-corrected chi connectivity index (χ2v) is 5.12. The van der Waals surface area contributed by atoms with Crippen LogP contribution in [0, 0.1) is 0 Å². The number of ether oxygens (including phenoxy) is 1. The molecular weight excluding hydrogens is 254 g/mol. The van der Waals surface area contributed by atoms with Crippen LogP contribution in [0.25, 0.3) is 0 Å². The number of nitrogens with zero attached hydrogens (tertiary/aromatic N) is 3. The van der Waals surface area contributed by atoms with Gasteiger partial charge in [0.05, 0.1) is 12.1 Å². The van der Waals surface area contributed by atoms with Gasteiger partial charge in [0, 0.05) is 6.04 Å². The molecule has 1 aromatic heterocycles. The average Bonchev–Trinajstić information content (AvgIpc) is 2.92. The van der Waals surface area contributed by atoms with E-state index in [4.69, 9.17) is 4.74 Å². The minimum absolute atomic E-state index is 0.0374. The Hall–Kier alpha value is -1.95. The van der Waals surface area contributed by atoms with Crippen molar-refractivity contribution in [2.75, 3.05) is 0 Å². The van der Waals surface area contributed by atoms with Gasteiger partial charge in [-0.25, -0.2) is 0 Å². The Morgan fingerprint density at radius 3 is 2.30 bits per heavy atom. The summed E-state index contributed by atoms with van der Waals surface area (Å²) in [5.41, 5.74) is 1.19. The Kier molecular flexibility index (Phi) is 4.68. The highest BCUT2D eigenvalue weighted by molar-refractivity contribution is 5.29. The first-order valence-electron chi connectivity index (χ1n) is 6.82. The van der Waals surface area contributed by atoms with Gasteiger partial charge < -0.3 is 10.1 Å². The molecule has 0 aliphatic carbocycles. The summed E-state index contributed by atoms with van der Waals surface area (Å²) in [7, 11) is 0. The number of aromatic nitrogens is 4. The van der Waals surface area contributed by atoms with E-state index < -0.39 is 0 Å². The number of hydrogen-bond donors (Lipinski definition) is 2. The third-order valence-electron chi connectivity index (χ3n) is 3.00. The quantitative estimate of drug-likeness (QED) is 0.846. The molecule has 0 bridgehead atoms. The van der Waals surface area contributed by atoms with Gasteiger partial charge in [-0.05, 0) is 45.4 Å². The maximum Gasteiger partial charge on any atom is 0.191 e. The van der Waals surface area contributed by atoms with Gasteiger partial charge in [0.2, 0.25) is 0 Å². The van der Waals surface area contributed by atoms with Gasteiger partial charge in [-0.1, -0.05) is 17.3 Å².